The molecule has 0 aliphatic carbocycles. The maximum absolute atomic E-state index is 12.4. The van der Waals surface area contributed by atoms with Gasteiger partial charge in [-0.2, -0.15) is 4.80 Å². The molecule has 0 aliphatic rings. The third kappa shape index (κ3) is 4.28. The molecule has 1 amide bonds. The zero-order chi connectivity index (χ0) is 16.8. The van der Waals surface area contributed by atoms with E-state index in [0.29, 0.717) is 17.3 Å². The molecule has 7 heteroatoms. The number of carbonyl (C=O) groups is 1. The van der Waals surface area contributed by atoms with Gasteiger partial charge in [0.15, 0.2) is 6.04 Å². The van der Waals surface area contributed by atoms with Crippen molar-refractivity contribution in [3.63, 3.8) is 0 Å². The quantitative estimate of drug-likeness (QED) is 0.843. The lowest BCUT2D eigenvalue weighted by Crippen LogP contribution is -2.39. The molecule has 0 saturated heterocycles. The van der Waals surface area contributed by atoms with E-state index in [4.69, 9.17) is 11.6 Å². The lowest BCUT2D eigenvalue weighted by molar-refractivity contribution is -0.125. The number of halogens is 1. The Labute approximate surface area is 141 Å². The van der Waals surface area contributed by atoms with Crippen LogP contribution >= 0.6 is 11.6 Å². The topological polar surface area (TPSA) is 72.7 Å². The van der Waals surface area contributed by atoms with Crippen molar-refractivity contribution in [2.75, 3.05) is 0 Å². The second-order valence-electron chi connectivity index (χ2n) is 5.39. The number of nitrogens with zero attached hydrogens (tertiary/aromatic N) is 4. The van der Waals surface area contributed by atoms with Crippen LogP contribution in [0.25, 0.3) is 11.4 Å². The maximum atomic E-state index is 12.4. The molecule has 1 atom stereocenters. The van der Waals surface area contributed by atoms with Gasteiger partial charge >= 0.3 is 0 Å². The van der Waals surface area contributed by atoms with Crippen molar-refractivity contribution in [2.45, 2.75) is 52.1 Å². The average molecular weight is 336 g/mol. The standard InChI is InChI=1S/C16H22ClN5O/c1-4-13(5-2)18-16(23)14(6-3)22-20-15(19-21-22)11-7-9-12(17)10-8-11/h7-10,13-14H,4-6H2,1-3H3,(H,18,23). The van der Waals surface area contributed by atoms with Gasteiger partial charge in [0.05, 0.1) is 0 Å². The van der Waals surface area contributed by atoms with Crippen molar-refractivity contribution < 1.29 is 4.79 Å². The van der Waals surface area contributed by atoms with Crippen molar-refractivity contribution in [3.05, 3.63) is 29.3 Å². The van der Waals surface area contributed by atoms with Crippen LogP contribution in [-0.4, -0.2) is 32.2 Å². The molecule has 0 spiro atoms. The van der Waals surface area contributed by atoms with Gasteiger partial charge in [0.2, 0.25) is 11.7 Å². The summed E-state index contributed by atoms with van der Waals surface area (Å²) in [5.41, 5.74) is 0.816. The van der Waals surface area contributed by atoms with Crippen molar-refractivity contribution in [1.82, 2.24) is 25.5 Å². The number of hydrogen-bond donors (Lipinski definition) is 1. The van der Waals surface area contributed by atoms with Gasteiger partial charge in [0, 0.05) is 16.6 Å². The fourth-order valence-corrected chi connectivity index (χ4v) is 2.44. The molecular formula is C16H22ClN5O. The molecule has 0 bridgehead atoms. The molecule has 0 fully saturated rings. The number of amides is 1. The Hall–Kier alpha value is -1.95. The van der Waals surface area contributed by atoms with E-state index in [2.05, 4.69) is 34.6 Å². The van der Waals surface area contributed by atoms with Crippen LogP contribution in [0.3, 0.4) is 0 Å². The molecule has 124 valence electrons. The summed E-state index contributed by atoms with van der Waals surface area (Å²) in [5.74, 6) is 0.414. The van der Waals surface area contributed by atoms with E-state index in [1.165, 1.54) is 4.80 Å². The Morgan fingerprint density at radius 1 is 1.17 bits per heavy atom. The van der Waals surface area contributed by atoms with Gasteiger partial charge in [-0.15, -0.1) is 10.2 Å². The molecule has 0 aliphatic heterocycles. The average Bonchev–Trinajstić information content (AvgIpc) is 3.03. The number of aromatic nitrogens is 4. The SMILES string of the molecule is CCC(CC)NC(=O)C(CC)n1nnc(-c2ccc(Cl)cc2)n1. The van der Waals surface area contributed by atoms with Crippen LogP contribution in [0, 0.1) is 0 Å². The molecule has 1 unspecified atom stereocenters. The van der Waals surface area contributed by atoms with Crippen LogP contribution in [0.4, 0.5) is 0 Å². The van der Waals surface area contributed by atoms with Gasteiger partial charge in [-0.05, 0) is 48.7 Å². The molecule has 1 aromatic heterocycles. The van der Waals surface area contributed by atoms with Gasteiger partial charge in [-0.1, -0.05) is 32.4 Å². The van der Waals surface area contributed by atoms with Crippen LogP contribution in [0.15, 0.2) is 24.3 Å². The predicted octanol–water partition coefficient (Wildman–Crippen LogP) is 3.25. The van der Waals surface area contributed by atoms with Gasteiger partial charge in [0.25, 0.3) is 0 Å². The summed E-state index contributed by atoms with van der Waals surface area (Å²) < 4.78 is 0. The molecule has 23 heavy (non-hydrogen) atoms. The zero-order valence-electron chi connectivity index (χ0n) is 13.7. The van der Waals surface area contributed by atoms with Crippen molar-refractivity contribution in [1.29, 1.82) is 0 Å². The van der Waals surface area contributed by atoms with Crippen LogP contribution in [-0.2, 0) is 4.79 Å². The summed E-state index contributed by atoms with van der Waals surface area (Å²) in [6.07, 6.45) is 2.40. The molecule has 1 N–H and O–H groups in total. The number of nitrogens with one attached hydrogen (secondary N) is 1. The highest BCUT2D eigenvalue weighted by atomic mass is 35.5. The summed E-state index contributed by atoms with van der Waals surface area (Å²) in [6, 6.07) is 6.92. The fourth-order valence-electron chi connectivity index (χ4n) is 2.32. The highest BCUT2D eigenvalue weighted by Gasteiger charge is 2.23. The van der Waals surface area contributed by atoms with Crippen molar-refractivity contribution in [2.24, 2.45) is 0 Å². The summed E-state index contributed by atoms with van der Waals surface area (Å²) in [7, 11) is 0. The molecule has 0 saturated carbocycles. The number of rotatable bonds is 7. The Balaban J connectivity index is 2.16. The van der Waals surface area contributed by atoms with E-state index in [1.807, 2.05) is 19.1 Å². The lowest BCUT2D eigenvalue weighted by Gasteiger charge is -2.19. The second kappa shape index (κ2) is 8.06. The van der Waals surface area contributed by atoms with E-state index < -0.39 is 6.04 Å². The zero-order valence-corrected chi connectivity index (χ0v) is 14.4. The summed E-state index contributed by atoms with van der Waals surface area (Å²) >= 11 is 5.88. The normalized spacial score (nSPS) is 12.4. The summed E-state index contributed by atoms with van der Waals surface area (Å²) in [5, 5.41) is 16.1. The fraction of sp³-hybridized carbons (Fsp3) is 0.500. The third-order valence-electron chi connectivity index (χ3n) is 3.83. The minimum absolute atomic E-state index is 0.0683. The number of carbonyl (C=O) groups excluding carboxylic acids is 1. The molecule has 2 aromatic rings. The van der Waals surface area contributed by atoms with E-state index >= 15 is 0 Å². The minimum atomic E-state index is -0.454. The summed E-state index contributed by atoms with van der Waals surface area (Å²) in [4.78, 5) is 13.8. The minimum Gasteiger partial charge on any atom is -0.351 e. The van der Waals surface area contributed by atoms with Gasteiger partial charge in [-0.25, -0.2) is 0 Å². The monoisotopic (exact) mass is 335 g/mol. The highest BCUT2D eigenvalue weighted by molar-refractivity contribution is 6.30. The highest BCUT2D eigenvalue weighted by Crippen LogP contribution is 2.18. The van der Waals surface area contributed by atoms with Crippen LogP contribution in [0.2, 0.25) is 5.02 Å². The third-order valence-corrected chi connectivity index (χ3v) is 4.08. The van der Waals surface area contributed by atoms with Crippen LogP contribution < -0.4 is 5.32 Å². The molecule has 1 heterocycles. The first-order chi connectivity index (χ1) is 11.1. The molecule has 0 radical (unpaired) electrons. The smallest absolute Gasteiger partial charge is 0.247 e. The molecule has 2 rings (SSSR count). The number of benzene rings is 1. The Kier molecular flexibility index (Phi) is 6.10. The van der Waals surface area contributed by atoms with Gasteiger partial charge in [0.1, 0.15) is 0 Å². The molecular weight excluding hydrogens is 314 g/mol. The first-order valence-electron chi connectivity index (χ1n) is 7.94. The Morgan fingerprint density at radius 3 is 2.39 bits per heavy atom. The predicted molar refractivity (Wildman–Crippen MR) is 90.1 cm³/mol. The second-order valence-corrected chi connectivity index (χ2v) is 5.82. The maximum Gasteiger partial charge on any atom is 0.247 e. The van der Waals surface area contributed by atoms with Crippen molar-refractivity contribution >= 4 is 17.5 Å². The first-order valence-corrected chi connectivity index (χ1v) is 8.32. The molecule has 1 aromatic carbocycles. The Morgan fingerprint density at radius 2 is 1.83 bits per heavy atom. The van der Waals surface area contributed by atoms with Crippen LogP contribution in [0.1, 0.15) is 46.1 Å². The molecule has 6 nitrogen and oxygen atoms in total. The summed E-state index contributed by atoms with van der Waals surface area (Å²) in [6.45, 7) is 6.05. The van der Waals surface area contributed by atoms with Crippen LogP contribution in [0.5, 0.6) is 0 Å². The van der Waals surface area contributed by atoms with Crippen molar-refractivity contribution in [3.8, 4) is 11.4 Å². The number of hydrogen-bond acceptors (Lipinski definition) is 4. The van der Waals surface area contributed by atoms with E-state index in [9.17, 15) is 4.79 Å². The van der Waals surface area contributed by atoms with Gasteiger partial charge < -0.3 is 5.32 Å². The van der Waals surface area contributed by atoms with E-state index in [1.54, 1.807) is 12.1 Å². The van der Waals surface area contributed by atoms with Gasteiger partial charge in [-0.3, -0.25) is 4.79 Å². The van der Waals surface area contributed by atoms with E-state index in [0.717, 1.165) is 18.4 Å². The first kappa shape index (κ1) is 17.4. The largest absolute Gasteiger partial charge is 0.351 e. The Bertz CT molecular complexity index is 636. The number of tetrazole rings is 1. The lowest BCUT2D eigenvalue weighted by atomic mass is 10.1. The van der Waals surface area contributed by atoms with E-state index in [-0.39, 0.29) is 11.9 Å².